The van der Waals surface area contributed by atoms with Crippen molar-refractivity contribution >= 4 is 6.03 Å². The number of hydrogen-bond acceptors (Lipinski definition) is 2. The zero-order valence-electron chi connectivity index (χ0n) is 9.92. The molecule has 1 aliphatic heterocycles. The second-order valence-electron chi connectivity index (χ2n) is 5.14. The zero-order valence-corrected chi connectivity index (χ0v) is 9.92. The highest BCUT2D eigenvalue weighted by molar-refractivity contribution is 5.74. The third-order valence-corrected chi connectivity index (χ3v) is 2.74. The minimum Gasteiger partial charge on any atom is -0.389 e. The summed E-state index contributed by atoms with van der Waals surface area (Å²) in [6.07, 6.45) is 2.16. The van der Waals surface area contributed by atoms with Crippen LogP contribution in [-0.4, -0.2) is 41.3 Å². The highest BCUT2D eigenvalue weighted by atomic mass is 16.3. The van der Waals surface area contributed by atoms with Gasteiger partial charge in [-0.2, -0.15) is 0 Å². The third kappa shape index (κ3) is 4.51. The number of urea groups is 1. The maximum atomic E-state index is 11.7. The first kappa shape index (κ1) is 12.3. The number of carbonyl (C=O) groups excluding carboxylic acids is 1. The quantitative estimate of drug-likeness (QED) is 0.725. The summed E-state index contributed by atoms with van der Waals surface area (Å²) in [5.74, 6) is 0.725. The number of likely N-dealkylation sites (tertiary alicyclic amines) is 1. The van der Waals surface area contributed by atoms with E-state index >= 15 is 0 Å². The van der Waals surface area contributed by atoms with Crippen LogP contribution < -0.4 is 5.32 Å². The first-order valence-corrected chi connectivity index (χ1v) is 5.63. The van der Waals surface area contributed by atoms with E-state index in [-0.39, 0.29) is 6.03 Å². The SMILES string of the molecule is CC1CCN(C(=O)NCC(C)(C)O)CC1. The number of aliphatic hydroxyl groups is 1. The second kappa shape index (κ2) is 4.84. The fourth-order valence-electron chi connectivity index (χ4n) is 1.62. The van der Waals surface area contributed by atoms with Crippen molar-refractivity contribution in [3.8, 4) is 0 Å². The van der Waals surface area contributed by atoms with Crippen molar-refractivity contribution in [3.63, 3.8) is 0 Å². The van der Waals surface area contributed by atoms with Gasteiger partial charge in [-0.15, -0.1) is 0 Å². The lowest BCUT2D eigenvalue weighted by atomic mass is 10.00. The Bertz CT molecular complexity index is 215. The molecule has 1 aliphatic rings. The average molecular weight is 214 g/mol. The highest BCUT2D eigenvalue weighted by Gasteiger charge is 2.21. The average Bonchev–Trinajstić information content (AvgIpc) is 2.14. The van der Waals surface area contributed by atoms with Crippen LogP contribution in [0, 0.1) is 5.92 Å². The Kier molecular flexibility index (Phi) is 3.97. The van der Waals surface area contributed by atoms with Crippen molar-refractivity contribution in [2.24, 2.45) is 5.92 Å². The molecule has 2 amide bonds. The van der Waals surface area contributed by atoms with Crippen molar-refractivity contribution in [3.05, 3.63) is 0 Å². The fourth-order valence-corrected chi connectivity index (χ4v) is 1.62. The van der Waals surface area contributed by atoms with Gasteiger partial charge in [0, 0.05) is 19.6 Å². The maximum Gasteiger partial charge on any atom is 0.317 e. The van der Waals surface area contributed by atoms with Gasteiger partial charge >= 0.3 is 6.03 Å². The summed E-state index contributed by atoms with van der Waals surface area (Å²) < 4.78 is 0. The molecule has 0 aliphatic carbocycles. The number of rotatable bonds is 2. The molecule has 88 valence electrons. The van der Waals surface area contributed by atoms with E-state index in [9.17, 15) is 9.90 Å². The minimum atomic E-state index is -0.835. The third-order valence-electron chi connectivity index (χ3n) is 2.74. The van der Waals surface area contributed by atoms with Gasteiger partial charge in [-0.25, -0.2) is 4.79 Å². The lowest BCUT2D eigenvalue weighted by molar-refractivity contribution is 0.0785. The minimum absolute atomic E-state index is 0.0518. The van der Waals surface area contributed by atoms with Crippen LogP contribution in [0.1, 0.15) is 33.6 Å². The van der Waals surface area contributed by atoms with Crippen molar-refractivity contribution in [2.45, 2.75) is 39.2 Å². The number of piperidine rings is 1. The molecule has 0 radical (unpaired) electrons. The first-order chi connectivity index (χ1) is 6.88. The van der Waals surface area contributed by atoms with Crippen molar-refractivity contribution in [1.82, 2.24) is 10.2 Å². The van der Waals surface area contributed by atoms with E-state index in [1.165, 1.54) is 0 Å². The number of carbonyl (C=O) groups is 1. The lowest BCUT2D eigenvalue weighted by Gasteiger charge is -2.31. The molecule has 1 rings (SSSR count). The van der Waals surface area contributed by atoms with E-state index in [0.717, 1.165) is 31.8 Å². The zero-order chi connectivity index (χ0) is 11.5. The van der Waals surface area contributed by atoms with Gasteiger partial charge in [-0.05, 0) is 32.6 Å². The van der Waals surface area contributed by atoms with Crippen molar-refractivity contribution in [1.29, 1.82) is 0 Å². The number of nitrogens with one attached hydrogen (secondary N) is 1. The summed E-state index contributed by atoms with van der Waals surface area (Å²) in [5.41, 5.74) is -0.835. The molecule has 0 bridgehead atoms. The topological polar surface area (TPSA) is 52.6 Å². The van der Waals surface area contributed by atoms with Gasteiger partial charge in [0.05, 0.1) is 5.60 Å². The van der Waals surface area contributed by atoms with Gasteiger partial charge in [-0.3, -0.25) is 0 Å². The molecule has 1 heterocycles. The summed E-state index contributed by atoms with van der Waals surface area (Å²) in [4.78, 5) is 13.5. The summed E-state index contributed by atoms with van der Waals surface area (Å²) in [6.45, 7) is 7.55. The molecule has 4 heteroatoms. The van der Waals surface area contributed by atoms with E-state index < -0.39 is 5.60 Å². The van der Waals surface area contributed by atoms with Gasteiger partial charge in [0.15, 0.2) is 0 Å². The van der Waals surface area contributed by atoms with Crippen LogP contribution in [0.2, 0.25) is 0 Å². The van der Waals surface area contributed by atoms with E-state index in [1.807, 2.05) is 4.90 Å². The predicted molar refractivity (Wildman–Crippen MR) is 59.7 cm³/mol. The molecule has 0 spiro atoms. The Hall–Kier alpha value is -0.770. The van der Waals surface area contributed by atoms with Crippen LogP contribution in [0.4, 0.5) is 4.79 Å². The van der Waals surface area contributed by atoms with E-state index in [0.29, 0.717) is 6.54 Å². The van der Waals surface area contributed by atoms with Gasteiger partial charge in [0.1, 0.15) is 0 Å². The molecular weight excluding hydrogens is 192 g/mol. The van der Waals surface area contributed by atoms with Crippen LogP contribution >= 0.6 is 0 Å². The molecular formula is C11H22N2O2. The molecule has 0 atom stereocenters. The Morgan fingerprint density at radius 3 is 2.47 bits per heavy atom. The van der Waals surface area contributed by atoms with Gasteiger partial charge in [0.25, 0.3) is 0 Å². The maximum absolute atomic E-state index is 11.7. The highest BCUT2D eigenvalue weighted by Crippen LogP contribution is 2.15. The van der Waals surface area contributed by atoms with E-state index in [4.69, 9.17) is 0 Å². The van der Waals surface area contributed by atoms with Gasteiger partial charge in [-0.1, -0.05) is 6.92 Å². The molecule has 0 aromatic heterocycles. The van der Waals surface area contributed by atoms with Gasteiger partial charge < -0.3 is 15.3 Å². The second-order valence-corrected chi connectivity index (χ2v) is 5.14. The van der Waals surface area contributed by atoms with Crippen LogP contribution in [-0.2, 0) is 0 Å². The van der Waals surface area contributed by atoms with E-state index in [1.54, 1.807) is 13.8 Å². The normalized spacial score (nSPS) is 19.1. The Morgan fingerprint density at radius 2 is 2.00 bits per heavy atom. The largest absolute Gasteiger partial charge is 0.389 e. The number of amides is 2. The molecule has 15 heavy (non-hydrogen) atoms. The number of hydrogen-bond donors (Lipinski definition) is 2. The standard InChI is InChI=1S/C11H22N2O2/c1-9-4-6-13(7-5-9)10(14)12-8-11(2,3)15/h9,15H,4-8H2,1-3H3,(H,12,14). The molecule has 0 unspecified atom stereocenters. The monoisotopic (exact) mass is 214 g/mol. The Labute approximate surface area is 91.6 Å². The molecule has 0 aromatic carbocycles. The Morgan fingerprint density at radius 1 is 1.47 bits per heavy atom. The molecule has 1 fully saturated rings. The van der Waals surface area contributed by atoms with Crippen molar-refractivity contribution in [2.75, 3.05) is 19.6 Å². The predicted octanol–water partition coefficient (Wildman–Crippen LogP) is 1.20. The van der Waals surface area contributed by atoms with Crippen LogP contribution in [0.15, 0.2) is 0 Å². The summed E-state index contributed by atoms with van der Waals surface area (Å²) in [6, 6.07) is -0.0518. The summed E-state index contributed by atoms with van der Waals surface area (Å²) in [7, 11) is 0. The van der Waals surface area contributed by atoms with Crippen LogP contribution in [0.25, 0.3) is 0 Å². The van der Waals surface area contributed by atoms with Crippen LogP contribution in [0.3, 0.4) is 0 Å². The smallest absolute Gasteiger partial charge is 0.317 e. The Balaban J connectivity index is 2.29. The van der Waals surface area contributed by atoms with Crippen LogP contribution in [0.5, 0.6) is 0 Å². The van der Waals surface area contributed by atoms with Gasteiger partial charge in [0.2, 0.25) is 0 Å². The molecule has 0 aromatic rings. The summed E-state index contributed by atoms with van der Waals surface area (Å²) in [5, 5.41) is 12.2. The summed E-state index contributed by atoms with van der Waals surface area (Å²) >= 11 is 0. The molecule has 4 nitrogen and oxygen atoms in total. The van der Waals surface area contributed by atoms with Crippen molar-refractivity contribution < 1.29 is 9.90 Å². The first-order valence-electron chi connectivity index (χ1n) is 5.63. The lowest BCUT2D eigenvalue weighted by Crippen LogP contribution is -2.48. The fraction of sp³-hybridized carbons (Fsp3) is 0.909. The van der Waals surface area contributed by atoms with E-state index in [2.05, 4.69) is 12.2 Å². The molecule has 2 N–H and O–H groups in total. The molecule has 1 saturated heterocycles. The number of nitrogens with zero attached hydrogens (tertiary/aromatic N) is 1. The molecule has 0 saturated carbocycles.